The van der Waals surface area contributed by atoms with Crippen LogP contribution in [0.5, 0.6) is 0 Å². The van der Waals surface area contributed by atoms with E-state index in [4.69, 9.17) is 0 Å². The van der Waals surface area contributed by atoms with Gasteiger partial charge in [0, 0.05) is 5.41 Å². The van der Waals surface area contributed by atoms with Crippen LogP contribution in [0.25, 0.3) is 0 Å². The predicted molar refractivity (Wildman–Crippen MR) is 53.6 cm³/mol. The summed E-state index contributed by atoms with van der Waals surface area (Å²) in [5.41, 5.74) is 0.368. The van der Waals surface area contributed by atoms with Gasteiger partial charge < -0.3 is 5.11 Å². The molecule has 0 aliphatic heterocycles. The summed E-state index contributed by atoms with van der Waals surface area (Å²) in [6, 6.07) is 6.78. The molecule has 1 nitrogen and oxygen atoms in total. The highest BCUT2D eigenvalue weighted by Gasteiger charge is 2.44. The van der Waals surface area contributed by atoms with Crippen LogP contribution in [-0.4, -0.2) is 11.2 Å². The average molecular weight is 194 g/mol. The third-order valence-electron chi connectivity index (χ3n) is 3.46. The van der Waals surface area contributed by atoms with Crippen LogP contribution in [0.4, 0.5) is 4.39 Å². The van der Waals surface area contributed by atoms with Crippen LogP contribution in [0, 0.1) is 5.82 Å². The third-order valence-corrected chi connectivity index (χ3v) is 3.46. The van der Waals surface area contributed by atoms with Crippen molar-refractivity contribution in [3.63, 3.8) is 0 Å². The molecular weight excluding hydrogens is 179 g/mol. The molecule has 2 heteroatoms. The number of aliphatic hydroxyl groups excluding tert-OH is 1. The van der Waals surface area contributed by atoms with Gasteiger partial charge in [-0.2, -0.15) is 0 Å². The predicted octanol–water partition coefficient (Wildman–Crippen LogP) is 2.63. The number of benzene rings is 1. The van der Waals surface area contributed by atoms with Gasteiger partial charge in [0.2, 0.25) is 0 Å². The molecule has 1 aliphatic rings. The molecule has 1 aromatic rings. The van der Waals surface area contributed by atoms with Crippen molar-refractivity contribution >= 4 is 0 Å². The number of aliphatic hydroxyl groups is 1. The lowest BCUT2D eigenvalue weighted by Gasteiger charge is -2.45. The molecule has 1 aliphatic carbocycles. The first kappa shape index (κ1) is 9.66. The van der Waals surface area contributed by atoms with Crippen molar-refractivity contribution in [1.82, 2.24) is 0 Å². The fraction of sp³-hybridized carbons (Fsp3) is 0.500. The lowest BCUT2D eigenvalue weighted by atomic mass is 9.61. The van der Waals surface area contributed by atoms with Gasteiger partial charge in [0.1, 0.15) is 5.82 Å². The quantitative estimate of drug-likeness (QED) is 0.767. The summed E-state index contributed by atoms with van der Waals surface area (Å²) in [7, 11) is 0. The molecule has 76 valence electrons. The normalized spacial score (nSPS) is 21.4. The minimum absolute atomic E-state index is 0.187. The second kappa shape index (κ2) is 3.35. The molecule has 0 radical (unpaired) electrons. The third kappa shape index (κ3) is 1.25. The zero-order chi connectivity index (χ0) is 10.2. The lowest BCUT2D eigenvalue weighted by Crippen LogP contribution is -2.44. The van der Waals surface area contributed by atoms with Gasteiger partial charge in [0.05, 0.1) is 6.10 Å². The molecule has 0 heterocycles. The first-order valence-corrected chi connectivity index (χ1v) is 5.10. The van der Waals surface area contributed by atoms with Gasteiger partial charge in [-0.3, -0.25) is 0 Å². The van der Waals surface area contributed by atoms with Gasteiger partial charge in [-0.1, -0.05) is 24.6 Å². The van der Waals surface area contributed by atoms with Crippen LogP contribution in [0.2, 0.25) is 0 Å². The van der Waals surface area contributed by atoms with E-state index in [1.807, 2.05) is 6.07 Å². The van der Waals surface area contributed by atoms with Crippen LogP contribution in [0.1, 0.15) is 31.7 Å². The zero-order valence-corrected chi connectivity index (χ0v) is 8.33. The Bertz CT molecular complexity index is 329. The Balaban J connectivity index is 2.42. The van der Waals surface area contributed by atoms with Crippen LogP contribution in [-0.2, 0) is 5.41 Å². The number of hydrogen-bond acceptors (Lipinski definition) is 1. The Kier molecular flexibility index (Phi) is 2.31. The molecule has 1 saturated carbocycles. The summed E-state index contributed by atoms with van der Waals surface area (Å²) in [5, 5.41) is 9.73. The number of rotatable bonds is 2. The molecule has 1 N–H and O–H groups in total. The Morgan fingerprint density at radius 1 is 1.36 bits per heavy atom. The molecule has 0 aromatic heterocycles. The standard InChI is InChI=1S/C12H15FO/c1-9(14)12(7-4-8-12)10-5-2-3-6-11(10)13/h2-3,5-6,9,14H,4,7-8H2,1H3. The van der Waals surface area contributed by atoms with E-state index in [9.17, 15) is 9.50 Å². The van der Waals surface area contributed by atoms with E-state index in [1.54, 1.807) is 19.1 Å². The minimum atomic E-state index is -0.465. The second-order valence-corrected chi connectivity index (χ2v) is 4.17. The molecule has 0 spiro atoms. The first-order valence-electron chi connectivity index (χ1n) is 5.10. The molecule has 1 fully saturated rings. The van der Waals surface area contributed by atoms with Crippen molar-refractivity contribution < 1.29 is 9.50 Å². The topological polar surface area (TPSA) is 20.2 Å². The van der Waals surface area contributed by atoms with Gasteiger partial charge in [0.15, 0.2) is 0 Å². The maximum Gasteiger partial charge on any atom is 0.127 e. The van der Waals surface area contributed by atoms with Gasteiger partial charge in [-0.15, -0.1) is 0 Å². The van der Waals surface area contributed by atoms with Crippen LogP contribution in [0.15, 0.2) is 24.3 Å². The summed E-state index contributed by atoms with van der Waals surface area (Å²) in [6.45, 7) is 1.76. The van der Waals surface area contributed by atoms with E-state index >= 15 is 0 Å². The Morgan fingerprint density at radius 3 is 2.43 bits per heavy atom. The first-order chi connectivity index (χ1) is 6.67. The molecule has 1 unspecified atom stereocenters. The summed E-state index contributed by atoms with van der Waals surface area (Å²) >= 11 is 0. The Hall–Kier alpha value is -0.890. The van der Waals surface area contributed by atoms with Crippen molar-refractivity contribution in [3.05, 3.63) is 35.6 Å². The van der Waals surface area contributed by atoms with Crippen molar-refractivity contribution in [2.45, 2.75) is 37.7 Å². The Morgan fingerprint density at radius 2 is 2.00 bits per heavy atom. The molecular formula is C12H15FO. The maximum atomic E-state index is 13.6. The summed E-state index contributed by atoms with van der Waals surface area (Å²) in [4.78, 5) is 0. The molecule has 0 bridgehead atoms. The van der Waals surface area contributed by atoms with Crippen molar-refractivity contribution in [2.24, 2.45) is 0 Å². The highest BCUT2D eigenvalue weighted by atomic mass is 19.1. The van der Waals surface area contributed by atoms with E-state index in [1.165, 1.54) is 6.07 Å². The molecule has 0 amide bonds. The number of halogens is 1. The van der Waals surface area contributed by atoms with E-state index in [0.29, 0.717) is 5.56 Å². The SMILES string of the molecule is CC(O)C1(c2ccccc2F)CCC1. The molecule has 2 rings (SSSR count). The van der Waals surface area contributed by atoms with Gasteiger partial charge >= 0.3 is 0 Å². The monoisotopic (exact) mass is 194 g/mol. The van der Waals surface area contributed by atoms with Gasteiger partial charge in [-0.05, 0) is 31.4 Å². The fourth-order valence-electron chi connectivity index (χ4n) is 2.33. The van der Waals surface area contributed by atoms with Crippen molar-refractivity contribution in [1.29, 1.82) is 0 Å². The Labute approximate surface area is 83.6 Å². The molecule has 1 aromatic carbocycles. The lowest BCUT2D eigenvalue weighted by molar-refractivity contribution is 0.0395. The van der Waals surface area contributed by atoms with E-state index in [-0.39, 0.29) is 11.2 Å². The fourth-order valence-corrected chi connectivity index (χ4v) is 2.33. The largest absolute Gasteiger partial charge is 0.392 e. The highest BCUT2D eigenvalue weighted by molar-refractivity contribution is 5.30. The van der Waals surface area contributed by atoms with Crippen LogP contribution in [0.3, 0.4) is 0 Å². The van der Waals surface area contributed by atoms with Crippen molar-refractivity contribution in [2.75, 3.05) is 0 Å². The molecule has 0 saturated heterocycles. The molecule has 1 atom stereocenters. The second-order valence-electron chi connectivity index (χ2n) is 4.17. The van der Waals surface area contributed by atoms with Gasteiger partial charge in [-0.25, -0.2) is 4.39 Å². The average Bonchev–Trinajstić information content (AvgIpc) is 2.05. The summed E-state index contributed by atoms with van der Waals surface area (Å²) < 4.78 is 13.6. The van der Waals surface area contributed by atoms with E-state index < -0.39 is 6.10 Å². The van der Waals surface area contributed by atoms with Crippen molar-refractivity contribution in [3.8, 4) is 0 Å². The van der Waals surface area contributed by atoms with E-state index in [0.717, 1.165) is 19.3 Å². The number of hydrogen-bond donors (Lipinski definition) is 1. The smallest absolute Gasteiger partial charge is 0.127 e. The van der Waals surface area contributed by atoms with Gasteiger partial charge in [0.25, 0.3) is 0 Å². The zero-order valence-electron chi connectivity index (χ0n) is 8.33. The summed E-state index contributed by atoms with van der Waals surface area (Å²) in [6.07, 6.45) is 2.41. The van der Waals surface area contributed by atoms with Crippen LogP contribution >= 0.6 is 0 Å². The van der Waals surface area contributed by atoms with E-state index in [2.05, 4.69) is 0 Å². The minimum Gasteiger partial charge on any atom is -0.392 e. The van der Waals surface area contributed by atoms with Crippen LogP contribution < -0.4 is 0 Å². The molecule has 14 heavy (non-hydrogen) atoms. The summed E-state index contributed by atoms with van der Waals surface area (Å²) in [5.74, 6) is -0.187. The maximum absolute atomic E-state index is 13.6. The highest BCUT2D eigenvalue weighted by Crippen LogP contribution is 2.47.